The number of carbonyl (C=O) groups is 2. The van der Waals surface area contributed by atoms with E-state index in [4.69, 9.17) is 9.47 Å². The van der Waals surface area contributed by atoms with E-state index in [0.717, 1.165) is 22.5 Å². The molecule has 0 atom stereocenters. The summed E-state index contributed by atoms with van der Waals surface area (Å²) in [6.45, 7) is 5.31. The van der Waals surface area contributed by atoms with Crippen LogP contribution in [0, 0.1) is 0 Å². The van der Waals surface area contributed by atoms with Crippen LogP contribution in [0.25, 0.3) is 6.08 Å². The number of nitrogens with one attached hydrogen (secondary N) is 1. The minimum atomic E-state index is -0.517. The van der Waals surface area contributed by atoms with E-state index in [1.165, 1.54) is 24.7 Å². The summed E-state index contributed by atoms with van der Waals surface area (Å²) < 4.78 is 10.4. The standard InChI is InChI=1S/C27H34N4O4S/c1-6-20-10-8-9-11-23(20)36-22(7-2)17-30(3)24(32)13-12-19-14-21-16-31(18-25(34-4)35-5)27(33)29-26(21)28-15-19/h7-15,25H,6,16-18H2,1-5H3,(H,28,29,33)/b13-12+,22-7+. The monoisotopic (exact) mass is 510 g/mol. The molecule has 0 bridgehead atoms. The number of allylic oxidation sites excluding steroid dienone is 1. The van der Waals surface area contributed by atoms with Crippen LogP contribution in [0.2, 0.25) is 0 Å². The molecule has 2 heterocycles. The molecule has 0 unspecified atom stereocenters. The van der Waals surface area contributed by atoms with E-state index in [-0.39, 0.29) is 18.5 Å². The summed E-state index contributed by atoms with van der Waals surface area (Å²) in [5.41, 5.74) is 2.93. The third-order valence-corrected chi connectivity index (χ3v) is 7.11. The van der Waals surface area contributed by atoms with E-state index in [1.54, 1.807) is 47.0 Å². The number of thioether (sulfide) groups is 1. The van der Waals surface area contributed by atoms with Crippen LogP contribution in [0.5, 0.6) is 0 Å². The molecule has 1 aromatic carbocycles. The summed E-state index contributed by atoms with van der Waals surface area (Å²) >= 11 is 1.70. The zero-order chi connectivity index (χ0) is 26.1. The highest BCUT2D eigenvalue weighted by molar-refractivity contribution is 8.03. The van der Waals surface area contributed by atoms with Gasteiger partial charge in [-0.05, 0) is 42.7 Å². The largest absolute Gasteiger partial charge is 0.354 e. The molecular formula is C27H34N4O4S. The van der Waals surface area contributed by atoms with Crippen molar-refractivity contribution in [1.82, 2.24) is 14.8 Å². The van der Waals surface area contributed by atoms with E-state index in [1.807, 2.05) is 19.1 Å². The molecule has 8 nitrogen and oxygen atoms in total. The molecule has 0 saturated carbocycles. The lowest BCUT2D eigenvalue weighted by Crippen LogP contribution is -2.44. The highest BCUT2D eigenvalue weighted by atomic mass is 32.2. The number of fused-ring (bicyclic) bond motifs is 1. The third kappa shape index (κ3) is 7.19. The molecule has 1 aliphatic heterocycles. The molecule has 0 saturated heterocycles. The highest BCUT2D eigenvalue weighted by Gasteiger charge is 2.26. The number of benzene rings is 1. The number of hydrogen-bond donors (Lipinski definition) is 1. The molecule has 9 heteroatoms. The normalized spacial score (nSPS) is 13.8. The van der Waals surface area contributed by atoms with Gasteiger partial charge in [-0.3, -0.25) is 10.1 Å². The van der Waals surface area contributed by atoms with E-state index < -0.39 is 6.29 Å². The predicted octanol–water partition coefficient (Wildman–Crippen LogP) is 4.78. The highest BCUT2D eigenvalue weighted by Crippen LogP contribution is 2.30. The van der Waals surface area contributed by atoms with Crippen LogP contribution >= 0.6 is 11.8 Å². The molecule has 3 rings (SSSR count). The van der Waals surface area contributed by atoms with E-state index in [2.05, 4.69) is 41.5 Å². The minimum absolute atomic E-state index is 0.102. The van der Waals surface area contributed by atoms with Crippen LogP contribution in [0.15, 0.2) is 58.5 Å². The zero-order valence-electron chi connectivity index (χ0n) is 21.5. The maximum Gasteiger partial charge on any atom is 0.323 e. The fraction of sp³-hybridized carbons (Fsp3) is 0.370. The first-order chi connectivity index (χ1) is 17.4. The molecule has 0 spiro atoms. The predicted molar refractivity (Wildman–Crippen MR) is 144 cm³/mol. The number of hydrogen-bond acceptors (Lipinski definition) is 6. The van der Waals surface area contributed by atoms with Crippen molar-refractivity contribution in [1.29, 1.82) is 0 Å². The van der Waals surface area contributed by atoms with Gasteiger partial charge < -0.3 is 19.3 Å². The quantitative estimate of drug-likeness (QED) is 0.266. The van der Waals surface area contributed by atoms with Gasteiger partial charge in [-0.15, -0.1) is 0 Å². The van der Waals surface area contributed by atoms with Crippen LogP contribution in [0.4, 0.5) is 10.6 Å². The number of ether oxygens (including phenoxy) is 2. The average molecular weight is 511 g/mol. The Labute approximate surface area is 217 Å². The van der Waals surface area contributed by atoms with E-state index >= 15 is 0 Å². The molecular weight excluding hydrogens is 476 g/mol. The summed E-state index contributed by atoms with van der Waals surface area (Å²) in [5, 5.41) is 2.79. The number of urea groups is 1. The Morgan fingerprint density at radius 2 is 2.06 bits per heavy atom. The van der Waals surface area contributed by atoms with Crippen molar-refractivity contribution >= 4 is 35.6 Å². The number of amides is 3. The molecule has 0 radical (unpaired) electrons. The van der Waals surface area contributed by atoms with Crippen LogP contribution in [-0.4, -0.2) is 67.4 Å². The maximum atomic E-state index is 12.8. The third-order valence-electron chi connectivity index (χ3n) is 5.86. The molecule has 2 aromatic rings. The lowest BCUT2D eigenvalue weighted by atomic mass is 10.1. The number of aromatic nitrogens is 1. The number of rotatable bonds is 11. The van der Waals surface area contributed by atoms with E-state index in [0.29, 0.717) is 18.9 Å². The van der Waals surface area contributed by atoms with Gasteiger partial charge in [-0.25, -0.2) is 9.78 Å². The van der Waals surface area contributed by atoms with Crippen LogP contribution in [-0.2, 0) is 27.2 Å². The lowest BCUT2D eigenvalue weighted by Gasteiger charge is -2.30. The van der Waals surface area contributed by atoms with Crippen molar-refractivity contribution in [3.63, 3.8) is 0 Å². The number of anilines is 1. The maximum absolute atomic E-state index is 12.8. The molecule has 0 fully saturated rings. The Morgan fingerprint density at radius 1 is 1.31 bits per heavy atom. The zero-order valence-corrected chi connectivity index (χ0v) is 22.3. The molecule has 3 amide bonds. The first-order valence-corrected chi connectivity index (χ1v) is 12.6. The summed E-state index contributed by atoms with van der Waals surface area (Å²) in [7, 11) is 4.86. The second-order valence-electron chi connectivity index (χ2n) is 8.33. The van der Waals surface area contributed by atoms with Crippen molar-refractivity contribution in [3.05, 3.63) is 70.3 Å². The Morgan fingerprint density at radius 3 is 2.75 bits per heavy atom. The van der Waals surface area contributed by atoms with Gasteiger partial charge in [0.2, 0.25) is 5.91 Å². The van der Waals surface area contributed by atoms with Crippen molar-refractivity contribution in [3.8, 4) is 0 Å². The van der Waals surface area contributed by atoms with Gasteiger partial charge in [0.05, 0.1) is 19.6 Å². The summed E-state index contributed by atoms with van der Waals surface area (Å²) in [6.07, 6.45) is 7.43. The Kier molecular flexibility index (Phi) is 10.1. The number of aryl methyl sites for hydroxylation is 1. The molecule has 0 aliphatic carbocycles. The minimum Gasteiger partial charge on any atom is -0.354 e. The van der Waals surface area contributed by atoms with Gasteiger partial charge in [-0.2, -0.15) is 0 Å². The number of nitrogens with zero attached hydrogens (tertiary/aromatic N) is 3. The van der Waals surface area contributed by atoms with Gasteiger partial charge in [0.25, 0.3) is 0 Å². The van der Waals surface area contributed by atoms with E-state index in [9.17, 15) is 9.59 Å². The first-order valence-electron chi connectivity index (χ1n) is 11.8. The fourth-order valence-corrected chi connectivity index (χ4v) is 4.86. The van der Waals surface area contributed by atoms with Gasteiger partial charge in [0.1, 0.15) is 5.82 Å². The van der Waals surface area contributed by atoms with Crippen LogP contribution in [0.1, 0.15) is 30.5 Å². The Balaban J connectivity index is 1.63. The van der Waals surface area contributed by atoms with Crippen LogP contribution in [0.3, 0.4) is 0 Å². The summed E-state index contributed by atoms with van der Waals surface area (Å²) in [6, 6.07) is 10.0. The van der Waals surface area contributed by atoms with Crippen molar-refractivity contribution in [2.45, 2.75) is 38.0 Å². The van der Waals surface area contributed by atoms with Gasteiger partial charge in [0, 0.05) is 48.9 Å². The second-order valence-corrected chi connectivity index (χ2v) is 9.50. The average Bonchev–Trinajstić information content (AvgIpc) is 2.90. The number of likely N-dealkylation sites (N-methyl/N-ethyl adjacent to an activating group) is 1. The summed E-state index contributed by atoms with van der Waals surface area (Å²) in [5.74, 6) is 0.416. The topological polar surface area (TPSA) is 84.0 Å². The van der Waals surface area contributed by atoms with Gasteiger partial charge >= 0.3 is 6.03 Å². The Hall–Kier alpha value is -3.14. The van der Waals surface area contributed by atoms with Gasteiger partial charge in [0.15, 0.2) is 6.29 Å². The molecule has 36 heavy (non-hydrogen) atoms. The Bertz CT molecular complexity index is 1130. The molecule has 1 aromatic heterocycles. The first kappa shape index (κ1) is 27.4. The van der Waals surface area contributed by atoms with Crippen molar-refractivity contribution in [2.75, 3.05) is 39.7 Å². The fourth-order valence-electron chi connectivity index (χ4n) is 3.71. The van der Waals surface area contributed by atoms with Crippen molar-refractivity contribution < 1.29 is 19.1 Å². The number of methoxy groups -OCH3 is 2. The smallest absolute Gasteiger partial charge is 0.323 e. The van der Waals surface area contributed by atoms with Crippen molar-refractivity contribution in [2.24, 2.45) is 0 Å². The molecule has 1 N–H and O–H groups in total. The lowest BCUT2D eigenvalue weighted by molar-refractivity contribution is -0.124. The second kappa shape index (κ2) is 13.2. The number of carbonyl (C=O) groups excluding carboxylic acids is 2. The van der Waals surface area contributed by atoms with Crippen LogP contribution < -0.4 is 5.32 Å². The van der Waals surface area contributed by atoms with Gasteiger partial charge in [-0.1, -0.05) is 43.0 Å². The molecule has 1 aliphatic rings. The number of pyridine rings is 1. The molecule has 192 valence electrons. The SMILES string of the molecule is C/C=C(\CN(C)C(=O)/C=C/c1cnc2c(c1)CN(CC(OC)OC)C(=O)N2)Sc1ccccc1CC. The summed E-state index contributed by atoms with van der Waals surface area (Å²) in [4.78, 5) is 35.1.